The summed E-state index contributed by atoms with van der Waals surface area (Å²) in [6, 6.07) is 6.42. The summed E-state index contributed by atoms with van der Waals surface area (Å²) < 4.78 is 74.4. The first-order chi connectivity index (χ1) is 13.0. The number of aromatic nitrogens is 2. The standard InChI is InChI=1S/C17H20F3N3O4S/c1-3-16(23-28(2,24)25,13-8-9-26-10-13)12-6-4-11(5-7-12)14-21-15(27-22-14)17(18,19)20/h4-7,13,23H,3,8-10H2,1-2H3. The van der Waals surface area contributed by atoms with Crippen LogP contribution in [-0.4, -0.2) is 38.0 Å². The van der Waals surface area contributed by atoms with Crippen LogP contribution in [0.25, 0.3) is 11.4 Å². The van der Waals surface area contributed by atoms with Gasteiger partial charge in [-0.05, 0) is 18.4 Å². The second-order valence-corrected chi connectivity index (χ2v) is 8.51. The van der Waals surface area contributed by atoms with Crippen molar-refractivity contribution in [2.45, 2.75) is 31.5 Å². The lowest BCUT2D eigenvalue weighted by Crippen LogP contribution is -2.50. The van der Waals surface area contributed by atoms with Crippen molar-refractivity contribution < 1.29 is 30.8 Å². The van der Waals surface area contributed by atoms with E-state index in [1.807, 2.05) is 6.92 Å². The number of halogens is 3. The predicted molar refractivity (Wildman–Crippen MR) is 93.6 cm³/mol. The van der Waals surface area contributed by atoms with Gasteiger partial charge < -0.3 is 9.26 Å². The van der Waals surface area contributed by atoms with E-state index in [1.54, 1.807) is 24.3 Å². The smallest absolute Gasteiger partial charge is 0.381 e. The highest BCUT2D eigenvalue weighted by Crippen LogP contribution is 2.39. The van der Waals surface area contributed by atoms with Gasteiger partial charge in [0.1, 0.15) is 0 Å². The lowest BCUT2D eigenvalue weighted by Gasteiger charge is -2.38. The van der Waals surface area contributed by atoms with Gasteiger partial charge in [-0.1, -0.05) is 36.3 Å². The monoisotopic (exact) mass is 419 g/mol. The summed E-state index contributed by atoms with van der Waals surface area (Å²) in [5.41, 5.74) is 0.144. The molecule has 2 heterocycles. The topological polar surface area (TPSA) is 94.3 Å². The molecule has 1 fully saturated rings. The molecule has 0 aliphatic carbocycles. The summed E-state index contributed by atoms with van der Waals surface area (Å²) in [6.07, 6.45) is -2.45. The molecule has 1 aliphatic rings. The van der Waals surface area contributed by atoms with Crippen LogP contribution in [0, 0.1) is 5.92 Å². The van der Waals surface area contributed by atoms with Crippen LogP contribution in [0.2, 0.25) is 0 Å². The molecular formula is C17H20F3N3O4S. The van der Waals surface area contributed by atoms with E-state index in [2.05, 4.69) is 19.4 Å². The summed E-state index contributed by atoms with van der Waals surface area (Å²) in [5, 5.41) is 3.36. The molecule has 1 saturated heterocycles. The Morgan fingerprint density at radius 3 is 2.39 bits per heavy atom. The van der Waals surface area contributed by atoms with Crippen molar-refractivity contribution in [3.05, 3.63) is 35.7 Å². The van der Waals surface area contributed by atoms with Crippen LogP contribution in [0.5, 0.6) is 0 Å². The molecule has 11 heteroatoms. The van der Waals surface area contributed by atoms with Gasteiger partial charge in [-0.25, -0.2) is 13.1 Å². The van der Waals surface area contributed by atoms with Gasteiger partial charge in [0, 0.05) is 18.1 Å². The van der Waals surface area contributed by atoms with Gasteiger partial charge in [-0.2, -0.15) is 18.2 Å². The van der Waals surface area contributed by atoms with Crippen LogP contribution >= 0.6 is 0 Å². The van der Waals surface area contributed by atoms with Crippen molar-refractivity contribution in [2.75, 3.05) is 19.5 Å². The van der Waals surface area contributed by atoms with E-state index >= 15 is 0 Å². The minimum atomic E-state index is -4.72. The summed E-state index contributed by atoms with van der Waals surface area (Å²) in [6.45, 7) is 2.83. The van der Waals surface area contributed by atoms with E-state index in [9.17, 15) is 21.6 Å². The first-order valence-corrected chi connectivity index (χ1v) is 10.5. The summed E-state index contributed by atoms with van der Waals surface area (Å²) in [5.74, 6) is -1.68. The quantitative estimate of drug-likeness (QED) is 0.774. The van der Waals surface area contributed by atoms with Gasteiger partial charge in [0.05, 0.1) is 18.4 Å². The average Bonchev–Trinajstić information content (AvgIpc) is 3.30. The molecule has 3 rings (SSSR count). The van der Waals surface area contributed by atoms with Gasteiger partial charge in [-0.15, -0.1) is 0 Å². The van der Waals surface area contributed by atoms with Crippen molar-refractivity contribution >= 4 is 10.0 Å². The third kappa shape index (κ3) is 4.20. The number of alkyl halides is 3. The molecule has 28 heavy (non-hydrogen) atoms. The first-order valence-electron chi connectivity index (χ1n) is 8.63. The van der Waals surface area contributed by atoms with Crippen molar-refractivity contribution in [3.63, 3.8) is 0 Å². The molecule has 2 aromatic rings. The third-order valence-corrected chi connectivity index (χ3v) is 5.61. The highest BCUT2D eigenvalue weighted by Gasteiger charge is 2.43. The van der Waals surface area contributed by atoms with Crippen molar-refractivity contribution in [1.82, 2.24) is 14.9 Å². The molecule has 1 N–H and O–H groups in total. The molecule has 0 radical (unpaired) electrons. The van der Waals surface area contributed by atoms with E-state index in [0.29, 0.717) is 37.2 Å². The molecule has 154 valence electrons. The zero-order valence-electron chi connectivity index (χ0n) is 15.3. The molecule has 1 aromatic heterocycles. The van der Waals surface area contributed by atoms with Crippen molar-refractivity contribution in [3.8, 4) is 11.4 Å². The lowest BCUT2D eigenvalue weighted by atomic mass is 9.76. The van der Waals surface area contributed by atoms with Gasteiger partial charge in [0.25, 0.3) is 0 Å². The Kier molecular flexibility index (Phi) is 5.52. The van der Waals surface area contributed by atoms with Crippen molar-refractivity contribution in [2.24, 2.45) is 5.92 Å². The number of hydrogen-bond donors (Lipinski definition) is 1. The van der Waals surface area contributed by atoms with Crippen LogP contribution in [0.3, 0.4) is 0 Å². The largest absolute Gasteiger partial charge is 0.471 e. The van der Waals surface area contributed by atoms with Crippen LogP contribution in [0.4, 0.5) is 13.2 Å². The second kappa shape index (κ2) is 7.45. The zero-order valence-corrected chi connectivity index (χ0v) is 16.1. The first kappa shape index (κ1) is 20.7. The summed E-state index contributed by atoms with van der Waals surface area (Å²) in [7, 11) is -3.53. The van der Waals surface area contributed by atoms with Crippen LogP contribution < -0.4 is 4.72 Å². The highest BCUT2D eigenvalue weighted by molar-refractivity contribution is 7.88. The van der Waals surface area contributed by atoms with E-state index < -0.39 is 27.6 Å². The molecule has 2 unspecified atom stereocenters. The Balaban J connectivity index is 1.97. The van der Waals surface area contributed by atoms with E-state index in [1.165, 1.54) is 0 Å². The number of sulfonamides is 1. The molecule has 1 aromatic carbocycles. The van der Waals surface area contributed by atoms with Crippen LogP contribution in [0.1, 0.15) is 31.2 Å². The predicted octanol–water partition coefficient (Wildman–Crippen LogP) is 2.95. The number of ether oxygens (including phenoxy) is 1. The minimum Gasteiger partial charge on any atom is -0.381 e. The minimum absolute atomic E-state index is 0.0694. The summed E-state index contributed by atoms with van der Waals surface area (Å²) >= 11 is 0. The molecule has 7 nitrogen and oxygen atoms in total. The molecule has 0 spiro atoms. The Morgan fingerprint density at radius 2 is 1.93 bits per heavy atom. The molecule has 1 aliphatic heterocycles. The zero-order chi connectivity index (χ0) is 20.6. The maximum Gasteiger partial charge on any atom is 0.471 e. The molecule has 0 bridgehead atoms. The Hall–Kier alpha value is -1.98. The molecule has 2 atom stereocenters. The van der Waals surface area contributed by atoms with Crippen molar-refractivity contribution in [1.29, 1.82) is 0 Å². The number of hydrogen-bond acceptors (Lipinski definition) is 6. The fraction of sp³-hybridized carbons (Fsp3) is 0.529. The molecular weight excluding hydrogens is 399 g/mol. The van der Waals surface area contributed by atoms with E-state index in [4.69, 9.17) is 4.74 Å². The van der Waals surface area contributed by atoms with Gasteiger partial charge >= 0.3 is 12.1 Å². The fourth-order valence-electron chi connectivity index (χ4n) is 3.57. The fourth-order valence-corrected chi connectivity index (χ4v) is 4.66. The molecule has 0 saturated carbocycles. The number of nitrogens with zero attached hydrogens (tertiary/aromatic N) is 2. The maximum atomic E-state index is 12.6. The molecule has 0 amide bonds. The van der Waals surface area contributed by atoms with Gasteiger partial charge in [0.2, 0.25) is 15.8 Å². The SMILES string of the molecule is CCC(NS(C)(=O)=O)(c1ccc(-c2noc(C(F)(F)F)n2)cc1)C1CCOC1. The van der Waals surface area contributed by atoms with Crippen LogP contribution in [0.15, 0.2) is 28.8 Å². The lowest BCUT2D eigenvalue weighted by molar-refractivity contribution is -0.159. The second-order valence-electron chi connectivity index (χ2n) is 6.76. The highest BCUT2D eigenvalue weighted by atomic mass is 32.2. The number of nitrogens with one attached hydrogen (secondary N) is 1. The average molecular weight is 419 g/mol. The summed E-state index contributed by atoms with van der Waals surface area (Å²) in [4.78, 5) is 3.37. The Morgan fingerprint density at radius 1 is 1.25 bits per heavy atom. The van der Waals surface area contributed by atoms with E-state index in [0.717, 1.165) is 6.26 Å². The number of benzene rings is 1. The third-order valence-electron chi connectivity index (χ3n) is 4.88. The Labute approximate surface area is 160 Å². The van der Waals surface area contributed by atoms with Crippen LogP contribution in [-0.2, 0) is 26.5 Å². The number of rotatable bonds is 6. The van der Waals surface area contributed by atoms with Gasteiger partial charge in [0.15, 0.2) is 0 Å². The normalized spacial score (nSPS) is 20.2. The van der Waals surface area contributed by atoms with E-state index in [-0.39, 0.29) is 11.7 Å². The maximum absolute atomic E-state index is 12.6. The van der Waals surface area contributed by atoms with Gasteiger partial charge in [-0.3, -0.25) is 0 Å². The Bertz CT molecular complexity index is 922.